The Kier molecular flexibility index (Phi) is 7.21. The maximum absolute atomic E-state index is 6.60. The third-order valence-corrected chi connectivity index (χ3v) is 11.1. The molecular formula is C53H33NO. The maximum Gasteiger partial charge on any atom is 0.227 e. The first-order chi connectivity index (χ1) is 27.2. The van der Waals surface area contributed by atoms with E-state index in [0.29, 0.717) is 5.89 Å². The van der Waals surface area contributed by atoms with Crippen LogP contribution in [0.4, 0.5) is 0 Å². The largest absolute Gasteiger partial charge is 0.436 e. The zero-order valence-corrected chi connectivity index (χ0v) is 29.9. The molecule has 256 valence electrons. The molecular weight excluding hydrogens is 667 g/mol. The summed E-state index contributed by atoms with van der Waals surface area (Å²) in [5.41, 5.74) is 11.9. The van der Waals surface area contributed by atoms with Crippen LogP contribution in [0.25, 0.3) is 110 Å². The Labute approximate surface area is 318 Å². The van der Waals surface area contributed by atoms with Gasteiger partial charge in [0.15, 0.2) is 5.58 Å². The molecule has 2 nitrogen and oxygen atoms in total. The van der Waals surface area contributed by atoms with Crippen molar-refractivity contribution in [3.8, 4) is 56.0 Å². The minimum Gasteiger partial charge on any atom is -0.436 e. The second-order valence-electron chi connectivity index (χ2n) is 14.3. The minimum absolute atomic E-state index is 0.607. The summed E-state index contributed by atoms with van der Waals surface area (Å²) < 4.78 is 6.60. The molecule has 11 rings (SSSR count). The lowest BCUT2D eigenvalue weighted by Crippen LogP contribution is -1.90. The van der Waals surface area contributed by atoms with Gasteiger partial charge in [0, 0.05) is 5.56 Å². The van der Waals surface area contributed by atoms with Crippen molar-refractivity contribution >= 4 is 54.2 Å². The van der Waals surface area contributed by atoms with Gasteiger partial charge in [-0.3, -0.25) is 0 Å². The van der Waals surface area contributed by atoms with E-state index in [9.17, 15) is 0 Å². The summed E-state index contributed by atoms with van der Waals surface area (Å²) in [6.07, 6.45) is 0. The first-order valence-corrected chi connectivity index (χ1v) is 18.8. The summed E-state index contributed by atoms with van der Waals surface area (Å²) in [6, 6.07) is 71.8. The molecule has 1 heterocycles. The van der Waals surface area contributed by atoms with Gasteiger partial charge in [-0.25, -0.2) is 4.98 Å². The zero-order chi connectivity index (χ0) is 36.3. The van der Waals surface area contributed by atoms with E-state index in [1.807, 2.05) is 0 Å². The van der Waals surface area contributed by atoms with Gasteiger partial charge in [0.25, 0.3) is 0 Å². The molecule has 0 saturated heterocycles. The number of benzene rings is 10. The second kappa shape index (κ2) is 12.7. The molecule has 1 aromatic heterocycles. The van der Waals surface area contributed by atoms with E-state index >= 15 is 0 Å². The summed E-state index contributed by atoms with van der Waals surface area (Å²) in [4.78, 5) is 5.10. The monoisotopic (exact) mass is 699 g/mol. The Balaban J connectivity index is 1.05. The van der Waals surface area contributed by atoms with Gasteiger partial charge in [-0.1, -0.05) is 164 Å². The molecule has 10 aromatic carbocycles. The SMILES string of the molecule is c1ccc(-c2c3ccccc3c(-c3ccc(-c4nc5cc(-c6ccc7ccccc7c6)c(-c6ccc7ccccc7c6)cc5o4)cc3)c3ccccc23)cc1. The molecule has 0 amide bonds. The van der Waals surface area contributed by atoms with Crippen molar-refractivity contribution < 1.29 is 4.42 Å². The summed E-state index contributed by atoms with van der Waals surface area (Å²) >= 11 is 0. The number of rotatable bonds is 5. The lowest BCUT2D eigenvalue weighted by Gasteiger charge is -2.17. The van der Waals surface area contributed by atoms with E-state index in [1.165, 1.54) is 59.8 Å². The normalized spacial score (nSPS) is 11.6. The minimum atomic E-state index is 0.607. The highest BCUT2D eigenvalue weighted by molar-refractivity contribution is 6.21. The van der Waals surface area contributed by atoms with Crippen molar-refractivity contribution in [3.63, 3.8) is 0 Å². The van der Waals surface area contributed by atoms with Crippen molar-refractivity contribution in [1.29, 1.82) is 0 Å². The molecule has 0 unspecified atom stereocenters. The number of fused-ring (bicyclic) bond motifs is 5. The molecule has 0 atom stereocenters. The third kappa shape index (κ3) is 5.30. The van der Waals surface area contributed by atoms with Crippen molar-refractivity contribution in [2.24, 2.45) is 0 Å². The van der Waals surface area contributed by atoms with Gasteiger partial charge in [0.2, 0.25) is 5.89 Å². The molecule has 2 heteroatoms. The van der Waals surface area contributed by atoms with Crippen LogP contribution in [0.5, 0.6) is 0 Å². The van der Waals surface area contributed by atoms with Crippen LogP contribution in [-0.4, -0.2) is 4.98 Å². The van der Waals surface area contributed by atoms with E-state index in [2.05, 4.69) is 200 Å². The summed E-state index contributed by atoms with van der Waals surface area (Å²) in [5, 5.41) is 9.82. The molecule has 0 fully saturated rings. The summed E-state index contributed by atoms with van der Waals surface area (Å²) in [6.45, 7) is 0. The summed E-state index contributed by atoms with van der Waals surface area (Å²) in [5.74, 6) is 0.607. The molecule has 11 aromatic rings. The molecule has 0 saturated carbocycles. The molecule has 0 N–H and O–H groups in total. The standard InChI is InChI=1S/C53H33NO/c1-2-14-36(15-3-1)51-43-18-8-10-20-45(43)52(46-21-11-9-19-44(46)51)37-24-26-38(27-25-37)53-54-49-32-47(41-28-22-34-12-4-6-16-39(34)30-41)48(33-50(49)55-53)42-29-23-35-13-5-7-17-40(35)31-42/h1-33H. The Bertz CT molecular complexity index is 3070. The van der Waals surface area contributed by atoms with Crippen LogP contribution >= 0.6 is 0 Å². The molecule has 0 spiro atoms. The van der Waals surface area contributed by atoms with Gasteiger partial charge in [-0.2, -0.15) is 0 Å². The highest BCUT2D eigenvalue weighted by Gasteiger charge is 2.19. The van der Waals surface area contributed by atoms with E-state index in [-0.39, 0.29) is 0 Å². The number of nitrogens with zero attached hydrogens (tertiary/aromatic N) is 1. The zero-order valence-electron chi connectivity index (χ0n) is 29.9. The average Bonchev–Trinajstić information content (AvgIpc) is 3.68. The number of hydrogen-bond donors (Lipinski definition) is 0. The van der Waals surface area contributed by atoms with Gasteiger partial charge >= 0.3 is 0 Å². The molecule has 55 heavy (non-hydrogen) atoms. The van der Waals surface area contributed by atoms with Crippen LogP contribution in [0.15, 0.2) is 205 Å². The Morgan fingerprint density at radius 2 is 0.727 bits per heavy atom. The maximum atomic E-state index is 6.60. The van der Waals surface area contributed by atoms with Gasteiger partial charge in [0.05, 0.1) is 0 Å². The van der Waals surface area contributed by atoms with Gasteiger partial charge in [-0.15, -0.1) is 0 Å². The lowest BCUT2D eigenvalue weighted by atomic mass is 9.86. The van der Waals surface area contributed by atoms with E-state index in [0.717, 1.165) is 44.5 Å². The fourth-order valence-corrected chi connectivity index (χ4v) is 8.42. The lowest BCUT2D eigenvalue weighted by molar-refractivity contribution is 0.620. The van der Waals surface area contributed by atoms with Crippen molar-refractivity contribution in [3.05, 3.63) is 200 Å². The number of aromatic nitrogens is 1. The van der Waals surface area contributed by atoms with Crippen molar-refractivity contribution in [2.45, 2.75) is 0 Å². The molecule has 0 radical (unpaired) electrons. The van der Waals surface area contributed by atoms with E-state index in [4.69, 9.17) is 9.40 Å². The van der Waals surface area contributed by atoms with Crippen LogP contribution < -0.4 is 0 Å². The van der Waals surface area contributed by atoms with Crippen LogP contribution in [-0.2, 0) is 0 Å². The smallest absolute Gasteiger partial charge is 0.227 e. The highest BCUT2D eigenvalue weighted by Crippen LogP contribution is 2.44. The number of hydrogen-bond acceptors (Lipinski definition) is 2. The first kappa shape index (κ1) is 31.3. The predicted octanol–water partition coefficient (Wildman–Crippen LogP) is 14.8. The van der Waals surface area contributed by atoms with Crippen LogP contribution in [0.1, 0.15) is 0 Å². The first-order valence-electron chi connectivity index (χ1n) is 18.8. The molecule has 0 aliphatic heterocycles. The second-order valence-corrected chi connectivity index (χ2v) is 14.3. The third-order valence-electron chi connectivity index (χ3n) is 11.1. The predicted molar refractivity (Wildman–Crippen MR) is 231 cm³/mol. The van der Waals surface area contributed by atoms with Gasteiger partial charge in [-0.05, 0) is 124 Å². The Hall–Kier alpha value is -7.29. The highest BCUT2D eigenvalue weighted by atomic mass is 16.3. The quantitative estimate of drug-likeness (QED) is 0.167. The van der Waals surface area contributed by atoms with Crippen LogP contribution in [0.3, 0.4) is 0 Å². The topological polar surface area (TPSA) is 26.0 Å². The van der Waals surface area contributed by atoms with E-state index in [1.54, 1.807) is 0 Å². The van der Waals surface area contributed by atoms with Crippen LogP contribution in [0, 0.1) is 0 Å². The average molecular weight is 700 g/mol. The Morgan fingerprint density at radius 3 is 1.27 bits per heavy atom. The summed E-state index contributed by atoms with van der Waals surface area (Å²) in [7, 11) is 0. The van der Waals surface area contributed by atoms with Crippen LogP contribution in [0.2, 0.25) is 0 Å². The molecule has 0 bridgehead atoms. The fraction of sp³-hybridized carbons (Fsp3) is 0. The molecule has 0 aliphatic carbocycles. The van der Waals surface area contributed by atoms with Gasteiger partial charge < -0.3 is 4.42 Å². The van der Waals surface area contributed by atoms with Crippen molar-refractivity contribution in [1.82, 2.24) is 4.98 Å². The Morgan fingerprint density at radius 1 is 0.309 bits per heavy atom. The number of oxazole rings is 1. The van der Waals surface area contributed by atoms with Gasteiger partial charge in [0.1, 0.15) is 5.52 Å². The molecule has 0 aliphatic rings. The fourth-order valence-electron chi connectivity index (χ4n) is 8.42. The van der Waals surface area contributed by atoms with E-state index < -0.39 is 0 Å². The van der Waals surface area contributed by atoms with Crippen molar-refractivity contribution in [2.75, 3.05) is 0 Å².